The second kappa shape index (κ2) is 9.75. The number of carbonyl (C=O) groups excluding carboxylic acids is 2. The minimum atomic E-state index is -1.24. The van der Waals surface area contributed by atoms with Crippen LogP contribution in [0.5, 0.6) is 5.75 Å². The fourth-order valence-electron chi connectivity index (χ4n) is 2.61. The molecule has 0 unspecified atom stereocenters. The van der Waals surface area contributed by atoms with Gasteiger partial charge >= 0.3 is 0 Å². The second-order valence-electron chi connectivity index (χ2n) is 6.24. The Morgan fingerprint density at radius 2 is 1.87 bits per heavy atom. The van der Waals surface area contributed by atoms with E-state index >= 15 is 0 Å². The van der Waals surface area contributed by atoms with Crippen LogP contribution < -0.4 is 15.2 Å². The van der Waals surface area contributed by atoms with Gasteiger partial charge in [-0.05, 0) is 35.4 Å². The molecule has 0 aliphatic carbocycles. The molecule has 0 aliphatic heterocycles. The largest absolute Gasteiger partial charge is 0.545 e. The molecule has 0 aliphatic rings. The van der Waals surface area contributed by atoms with Crippen LogP contribution in [-0.2, 0) is 17.9 Å². The number of carboxylic acids is 1. The van der Waals surface area contributed by atoms with Gasteiger partial charge in [0.2, 0.25) is 0 Å². The minimum absolute atomic E-state index is 0.0732. The van der Waals surface area contributed by atoms with E-state index in [2.05, 4.69) is 5.32 Å². The molecule has 2 aromatic carbocycles. The summed E-state index contributed by atoms with van der Waals surface area (Å²) in [6.45, 7) is 0.357. The van der Waals surface area contributed by atoms with E-state index in [1.165, 1.54) is 24.5 Å². The monoisotopic (exact) mass is 401 g/mol. The van der Waals surface area contributed by atoms with Crippen LogP contribution >= 0.6 is 0 Å². The summed E-state index contributed by atoms with van der Waals surface area (Å²) in [6, 6.07) is 18.5. The Hall–Kier alpha value is -4.31. The van der Waals surface area contributed by atoms with Gasteiger partial charge in [0.25, 0.3) is 5.91 Å². The summed E-state index contributed by atoms with van der Waals surface area (Å²) >= 11 is 0. The number of carboxylic acid groups (broad SMARTS) is 1. The van der Waals surface area contributed by atoms with Crippen LogP contribution in [0.3, 0.4) is 0 Å². The molecule has 1 heterocycles. The predicted molar refractivity (Wildman–Crippen MR) is 106 cm³/mol. The van der Waals surface area contributed by atoms with Crippen LogP contribution in [0.2, 0.25) is 0 Å². The molecule has 1 amide bonds. The van der Waals surface area contributed by atoms with E-state index in [0.717, 1.165) is 5.56 Å². The molecule has 150 valence electrons. The van der Waals surface area contributed by atoms with E-state index < -0.39 is 11.9 Å². The van der Waals surface area contributed by atoms with E-state index in [4.69, 9.17) is 9.15 Å². The number of carbonyl (C=O) groups is 2. The van der Waals surface area contributed by atoms with Gasteiger partial charge < -0.3 is 24.4 Å². The number of nitriles is 1. The van der Waals surface area contributed by atoms with Gasteiger partial charge in [0.05, 0.1) is 18.8 Å². The van der Waals surface area contributed by atoms with E-state index in [1.807, 2.05) is 6.07 Å². The average molecular weight is 401 g/mol. The van der Waals surface area contributed by atoms with Gasteiger partial charge in [-0.2, -0.15) is 5.26 Å². The summed E-state index contributed by atoms with van der Waals surface area (Å²) in [7, 11) is 0. The molecule has 7 nitrogen and oxygen atoms in total. The fraction of sp³-hybridized carbons (Fsp3) is 0.0870. The molecule has 30 heavy (non-hydrogen) atoms. The zero-order chi connectivity index (χ0) is 21.3. The van der Waals surface area contributed by atoms with Gasteiger partial charge in [-0.15, -0.1) is 0 Å². The van der Waals surface area contributed by atoms with Crippen molar-refractivity contribution in [1.82, 2.24) is 5.32 Å². The van der Waals surface area contributed by atoms with Crippen LogP contribution in [-0.4, -0.2) is 11.9 Å². The molecule has 1 aromatic heterocycles. The highest BCUT2D eigenvalue weighted by atomic mass is 16.5. The number of rotatable bonds is 8. The number of hydrogen-bond donors (Lipinski definition) is 1. The van der Waals surface area contributed by atoms with Crippen molar-refractivity contribution < 1.29 is 23.8 Å². The number of benzene rings is 2. The highest BCUT2D eigenvalue weighted by Crippen LogP contribution is 2.22. The second-order valence-corrected chi connectivity index (χ2v) is 6.24. The highest BCUT2D eigenvalue weighted by Gasteiger charge is 2.11. The number of aromatic carboxylic acids is 1. The lowest BCUT2D eigenvalue weighted by Crippen LogP contribution is -2.23. The maximum atomic E-state index is 12.3. The minimum Gasteiger partial charge on any atom is -0.545 e. The summed E-state index contributed by atoms with van der Waals surface area (Å²) in [5.41, 5.74) is 1.33. The first-order chi connectivity index (χ1) is 14.6. The third-order valence-corrected chi connectivity index (χ3v) is 4.17. The maximum absolute atomic E-state index is 12.3. The molecule has 3 rings (SSSR count). The van der Waals surface area contributed by atoms with Crippen molar-refractivity contribution in [2.75, 3.05) is 0 Å². The number of nitrogens with one attached hydrogen (secondary N) is 1. The molecular formula is C23H17N2O5-. The van der Waals surface area contributed by atoms with Crippen molar-refractivity contribution >= 4 is 18.0 Å². The third kappa shape index (κ3) is 5.36. The molecule has 0 saturated heterocycles. The highest BCUT2D eigenvalue weighted by molar-refractivity contribution is 6.01. The van der Waals surface area contributed by atoms with Gasteiger partial charge in [0.1, 0.15) is 29.8 Å². The summed E-state index contributed by atoms with van der Waals surface area (Å²) < 4.78 is 11.0. The van der Waals surface area contributed by atoms with Crippen molar-refractivity contribution in [1.29, 1.82) is 5.26 Å². The Labute approximate surface area is 172 Å². The Kier molecular flexibility index (Phi) is 6.64. The predicted octanol–water partition coefficient (Wildman–Crippen LogP) is 2.45. The summed E-state index contributed by atoms with van der Waals surface area (Å²) in [5, 5.41) is 22.8. The lowest BCUT2D eigenvalue weighted by atomic mass is 10.1. The van der Waals surface area contributed by atoms with Gasteiger partial charge in [-0.1, -0.05) is 42.5 Å². The van der Waals surface area contributed by atoms with Gasteiger partial charge in [-0.3, -0.25) is 4.79 Å². The molecule has 0 fully saturated rings. The van der Waals surface area contributed by atoms with Crippen molar-refractivity contribution in [2.45, 2.75) is 13.2 Å². The van der Waals surface area contributed by atoms with Crippen molar-refractivity contribution in [3.63, 3.8) is 0 Å². The molecular weight excluding hydrogens is 384 g/mol. The zero-order valence-corrected chi connectivity index (χ0v) is 15.8. The standard InChI is InChI=1S/C23H18N2O5/c24-13-19(22(26)25-14-20-5-3-11-29-20)12-18-4-1-2-6-21(18)30-15-16-7-9-17(10-8-16)23(27)28/h1-12H,14-15H2,(H,25,26)(H,27,28)/p-1/b19-12+. The summed E-state index contributed by atoms with van der Waals surface area (Å²) in [5.74, 6) is -0.712. The number of hydrogen-bond acceptors (Lipinski definition) is 6. The molecule has 1 N–H and O–H groups in total. The molecule has 0 bridgehead atoms. The molecule has 3 aromatic rings. The fourth-order valence-corrected chi connectivity index (χ4v) is 2.61. The maximum Gasteiger partial charge on any atom is 0.262 e. The number of amides is 1. The molecule has 0 saturated carbocycles. The van der Waals surface area contributed by atoms with Crippen molar-refractivity contribution in [2.24, 2.45) is 0 Å². The first kappa shape index (κ1) is 20.4. The van der Waals surface area contributed by atoms with Crippen molar-refractivity contribution in [3.05, 3.63) is 95.0 Å². The van der Waals surface area contributed by atoms with E-state index in [9.17, 15) is 20.0 Å². The quantitative estimate of drug-likeness (QED) is 0.458. The van der Waals surface area contributed by atoms with E-state index in [0.29, 0.717) is 17.1 Å². The number of para-hydroxylation sites is 1. The summed E-state index contributed by atoms with van der Waals surface area (Å²) in [4.78, 5) is 23.1. The normalized spacial score (nSPS) is 10.8. The molecule has 0 spiro atoms. The Balaban J connectivity index is 1.70. The Morgan fingerprint density at radius 1 is 1.10 bits per heavy atom. The van der Waals surface area contributed by atoms with Crippen LogP contribution in [0.1, 0.15) is 27.2 Å². The van der Waals surface area contributed by atoms with Gasteiger partial charge in [-0.25, -0.2) is 0 Å². The number of furan rings is 1. The molecule has 0 atom stereocenters. The average Bonchev–Trinajstić information content (AvgIpc) is 3.29. The molecule has 0 radical (unpaired) electrons. The van der Waals surface area contributed by atoms with Crippen LogP contribution in [0.15, 0.2) is 76.9 Å². The lowest BCUT2D eigenvalue weighted by molar-refractivity contribution is -0.255. The van der Waals surface area contributed by atoms with Gasteiger partial charge in [0, 0.05) is 5.56 Å². The van der Waals surface area contributed by atoms with Crippen LogP contribution in [0.25, 0.3) is 6.08 Å². The first-order valence-electron chi connectivity index (χ1n) is 9.01. The van der Waals surface area contributed by atoms with Crippen LogP contribution in [0, 0.1) is 11.3 Å². The van der Waals surface area contributed by atoms with E-state index in [-0.39, 0.29) is 24.3 Å². The zero-order valence-electron chi connectivity index (χ0n) is 15.8. The third-order valence-electron chi connectivity index (χ3n) is 4.17. The topological polar surface area (TPSA) is 115 Å². The van der Waals surface area contributed by atoms with Crippen LogP contribution in [0.4, 0.5) is 0 Å². The SMILES string of the molecule is N#C/C(=C\c1ccccc1OCc1ccc(C(=O)[O-])cc1)C(=O)NCc1ccco1. The Morgan fingerprint density at radius 3 is 2.53 bits per heavy atom. The summed E-state index contributed by atoms with van der Waals surface area (Å²) in [6.07, 6.45) is 2.95. The number of ether oxygens (including phenoxy) is 1. The first-order valence-corrected chi connectivity index (χ1v) is 9.01. The smallest absolute Gasteiger partial charge is 0.262 e. The number of nitrogens with zero attached hydrogens (tertiary/aromatic N) is 1. The molecule has 7 heteroatoms. The Bertz CT molecular complexity index is 1090. The van der Waals surface area contributed by atoms with E-state index in [1.54, 1.807) is 48.5 Å². The lowest BCUT2D eigenvalue weighted by Gasteiger charge is -2.10. The van der Waals surface area contributed by atoms with Gasteiger partial charge in [0.15, 0.2) is 0 Å². The van der Waals surface area contributed by atoms with Crippen molar-refractivity contribution in [3.8, 4) is 11.8 Å².